The molecule has 0 saturated carbocycles. The fourth-order valence-electron chi connectivity index (χ4n) is 1.45. The van der Waals surface area contributed by atoms with Gasteiger partial charge < -0.3 is 10.4 Å². The van der Waals surface area contributed by atoms with E-state index < -0.39 is 16.1 Å². The van der Waals surface area contributed by atoms with E-state index in [0.29, 0.717) is 19.6 Å². The van der Waals surface area contributed by atoms with Crippen molar-refractivity contribution in [2.75, 3.05) is 19.6 Å². The van der Waals surface area contributed by atoms with E-state index in [-0.39, 0.29) is 4.90 Å². The molecule has 1 aromatic carbocycles. The van der Waals surface area contributed by atoms with E-state index in [1.807, 2.05) is 13.0 Å². The standard InChI is InChI=1S/C12H20N2O3S/c1-10-4-3-5-12(8-10)18(16,17)14-7-6-13-9-11(2)15/h3-5,8,11,13-15H,6-7,9H2,1-2H3. The number of benzene rings is 1. The monoisotopic (exact) mass is 272 g/mol. The molecule has 0 bridgehead atoms. The number of aryl methyl sites for hydroxylation is 1. The summed E-state index contributed by atoms with van der Waals surface area (Å²) in [7, 11) is -3.44. The maximum absolute atomic E-state index is 11.9. The van der Waals surface area contributed by atoms with Crippen molar-refractivity contribution < 1.29 is 13.5 Å². The minimum atomic E-state index is -3.44. The first kappa shape index (κ1) is 15.1. The minimum absolute atomic E-state index is 0.276. The number of aliphatic hydroxyl groups excluding tert-OH is 1. The Bertz CT molecular complexity index is 472. The zero-order valence-corrected chi connectivity index (χ0v) is 11.5. The zero-order chi connectivity index (χ0) is 13.6. The second-order valence-corrected chi connectivity index (χ2v) is 6.03. The van der Waals surface area contributed by atoms with Crippen molar-refractivity contribution in [3.8, 4) is 0 Å². The van der Waals surface area contributed by atoms with Crippen LogP contribution in [0.2, 0.25) is 0 Å². The molecule has 0 aliphatic heterocycles. The van der Waals surface area contributed by atoms with Crippen molar-refractivity contribution in [1.29, 1.82) is 0 Å². The van der Waals surface area contributed by atoms with Crippen LogP contribution in [-0.2, 0) is 10.0 Å². The molecule has 0 saturated heterocycles. The van der Waals surface area contributed by atoms with Crippen LogP contribution in [0.4, 0.5) is 0 Å². The van der Waals surface area contributed by atoms with E-state index in [0.717, 1.165) is 5.56 Å². The van der Waals surface area contributed by atoms with Crippen LogP contribution in [0.3, 0.4) is 0 Å². The number of nitrogens with one attached hydrogen (secondary N) is 2. The average Bonchev–Trinajstić information content (AvgIpc) is 2.28. The van der Waals surface area contributed by atoms with Gasteiger partial charge in [0.25, 0.3) is 0 Å². The van der Waals surface area contributed by atoms with Gasteiger partial charge in [0.2, 0.25) is 10.0 Å². The third-order valence-electron chi connectivity index (χ3n) is 2.33. The Balaban J connectivity index is 2.46. The van der Waals surface area contributed by atoms with Crippen LogP contribution < -0.4 is 10.0 Å². The average molecular weight is 272 g/mol. The minimum Gasteiger partial charge on any atom is -0.392 e. The van der Waals surface area contributed by atoms with Crippen molar-refractivity contribution in [3.05, 3.63) is 29.8 Å². The van der Waals surface area contributed by atoms with E-state index in [1.54, 1.807) is 25.1 Å². The number of hydrogen-bond donors (Lipinski definition) is 3. The fraction of sp³-hybridized carbons (Fsp3) is 0.500. The lowest BCUT2D eigenvalue weighted by Crippen LogP contribution is -2.34. The lowest BCUT2D eigenvalue weighted by molar-refractivity contribution is 0.192. The molecule has 0 fully saturated rings. The molecule has 0 aliphatic carbocycles. The first-order valence-electron chi connectivity index (χ1n) is 5.87. The highest BCUT2D eigenvalue weighted by Crippen LogP contribution is 2.09. The van der Waals surface area contributed by atoms with Crippen molar-refractivity contribution >= 4 is 10.0 Å². The van der Waals surface area contributed by atoms with Crippen LogP contribution in [0.15, 0.2) is 29.2 Å². The van der Waals surface area contributed by atoms with Gasteiger partial charge in [-0.05, 0) is 31.5 Å². The molecule has 0 spiro atoms. The summed E-state index contributed by atoms with van der Waals surface area (Å²) in [5.74, 6) is 0. The smallest absolute Gasteiger partial charge is 0.240 e. The lowest BCUT2D eigenvalue weighted by Gasteiger charge is -2.09. The molecule has 18 heavy (non-hydrogen) atoms. The first-order valence-corrected chi connectivity index (χ1v) is 7.35. The number of aliphatic hydroxyl groups is 1. The number of hydrogen-bond acceptors (Lipinski definition) is 4. The molecule has 102 valence electrons. The normalized spacial score (nSPS) is 13.5. The van der Waals surface area contributed by atoms with Crippen LogP contribution >= 0.6 is 0 Å². The van der Waals surface area contributed by atoms with Gasteiger partial charge in [0.05, 0.1) is 11.0 Å². The van der Waals surface area contributed by atoms with E-state index >= 15 is 0 Å². The predicted molar refractivity (Wildman–Crippen MR) is 70.9 cm³/mol. The van der Waals surface area contributed by atoms with Gasteiger partial charge in [0.1, 0.15) is 0 Å². The van der Waals surface area contributed by atoms with Gasteiger partial charge in [-0.3, -0.25) is 0 Å². The number of sulfonamides is 1. The first-order chi connectivity index (χ1) is 8.42. The van der Waals surface area contributed by atoms with Gasteiger partial charge in [-0.15, -0.1) is 0 Å². The highest BCUT2D eigenvalue weighted by Gasteiger charge is 2.12. The van der Waals surface area contributed by atoms with Gasteiger partial charge in [-0.2, -0.15) is 0 Å². The van der Waals surface area contributed by atoms with Gasteiger partial charge in [0.15, 0.2) is 0 Å². The topological polar surface area (TPSA) is 78.4 Å². The van der Waals surface area contributed by atoms with Crippen molar-refractivity contribution in [1.82, 2.24) is 10.0 Å². The molecule has 0 aromatic heterocycles. The molecular weight excluding hydrogens is 252 g/mol. The van der Waals surface area contributed by atoms with Crippen molar-refractivity contribution in [2.24, 2.45) is 0 Å². The van der Waals surface area contributed by atoms with Crippen LogP contribution in [0.25, 0.3) is 0 Å². The SMILES string of the molecule is Cc1cccc(S(=O)(=O)NCCNCC(C)O)c1. The molecule has 0 heterocycles. The Labute approximate surface area is 108 Å². The second kappa shape index (κ2) is 6.84. The molecule has 5 nitrogen and oxygen atoms in total. The van der Waals surface area contributed by atoms with E-state index in [4.69, 9.17) is 5.11 Å². The summed E-state index contributed by atoms with van der Waals surface area (Å²) in [6.07, 6.45) is -0.432. The summed E-state index contributed by atoms with van der Waals surface area (Å²) < 4.78 is 26.3. The molecule has 1 atom stereocenters. The van der Waals surface area contributed by atoms with Crippen LogP contribution in [0.5, 0.6) is 0 Å². The van der Waals surface area contributed by atoms with Crippen LogP contribution in [0, 0.1) is 6.92 Å². The maximum atomic E-state index is 11.9. The third-order valence-corrected chi connectivity index (χ3v) is 3.79. The Morgan fingerprint density at radius 3 is 2.67 bits per heavy atom. The van der Waals surface area contributed by atoms with Crippen LogP contribution in [-0.4, -0.2) is 39.3 Å². The summed E-state index contributed by atoms with van der Waals surface area (Å²) in [6, 6.07) is 6.77. The summed E-state index contributed by atoms with van der Waals surface area (Å²) >= 11 is 0. The summed E-state index contributed by atoms with van der Waals surface area (Å²) in [6.45, 7) is 4.75. The van der Waals surface area contributed by atoms with E-state index in [9.17, 15) is 8.42 Å². The quantitative estimate of drug-likeness (QED) is 0.622. The molecular formula is C12H20N2O3S. The Hall–Kier alpha value is -0.950. The van der Waals surface area contributed by atoms with E-state index in [2.05, 4.69) is 10.0 Å². The largest absolute Gasteiger partial charge is 0.392 e. The van der Waals surface area contributed by atoms with Gasteiger partial charge >= 0.3 is 0 Å². The lowest BCUT2D eigenvalue weighted by atomic mass is 10.2. The van der Waals surface area contributed by atoms with Gasteiger partial charge in [-0.1, -0.05) is 12.1 Å². The van der Waals surface area contributed by atoms with E-state index in [1.165, 1.54) is 0 Å². The predicted octanol–water partition coefficient (Wildman–Crippen LogP) is 0.244. The Kier molecular flexibility index (Phi) is 5.74. The maximum Gasteiger partial charge on any atom is 0.240 e. The molecule has 3 N–H and O–H groups in total. The molecule has 6 heteroatoms. The highest BCUT2D eigenvalue weighted by atomic mass is 32.2. The fourth-order valence-corrected chi connectivity index (χ4v) is 2.59. The molecule has 1 rings (SSSR count). The Morgan fingerprint density at radius 1 is 1.33 bits per heavy atom. The molecule has 1 unspecified atom stereocenters. The second-order valence-electron chi connectivity index (χ2n) is 4.27. The zero-order valence-electron chi connectivity index (χ0n) is 10.7. The Morgan fingerprint density at radius 2 is 2.06 bits per heavy atom. The summed E-state index contributed by atoms with van der Waals surface area (Å²) in [5, 5.41) is 12.0. The molecule has 0 aliphatic rings. The van der Waals surface area contributed by atoms with Crippen molar-refractivity contribution in [3.63, 3.8) is 0 Å². The summed E-state index contributed by atoms with van der Waals surface area (Å²) in [4.78, 5) is 0.276. The molecule has 0 amide bonds. The van der Waals surface area contributed by atoms with Crippen molar-refractivity contribution in [2.45, 2.75) is 24.8 Å². The summed E-state index contributed by atoms with van der Waals surface area (Å²) in [5.41, 5.74) is 0.908. The molecule has 1 aromatic rings. The third kappa shape index (κ3) is 5.14. The van der Waals surface area contributed by atoms with Crippen LogP contribution in [0.1, 0.15) is 12.5 Å². The highest BCUT2D eigenvalue weighted by molar-refractivity contribution is 7.89. The van der Waals surface area contributed by atoms with Gasteiger partial charge in [0, 0.05) is 19.6 Å². The molecule has 0 radical (unpaired) electrons. The van der Waals surface area contributed by atoms with Gasteiger partial charge in [-0.25, -0.2) is 13.1 Å². The number of rotatable bonds is 7.